The molecule has 1 spiro atoms. The Kier molecular flexibility index (Phi) is 5.00. The minimum Gasteiger partial charge on any atom is -0.372 e. The van der Waals surface area contributed by atoms with Crippen LogP contribution in [0.15, 0.2) is 24.4 Å². The average Bonchev–Trinajstić information content (AvgIpc) is 2.95. The van der Waals surface area contributed by atoms with Crippen molar-refractivity contribution in [1.29, 1.82) is 0 Å². The zero-order chi connectivity index (χ0) is 15.4. The Morgan fingerprint density at radius 1 is 1.50 bits per heavy atom. The average molecular weight is 322 g/mol. The largest absolute Gasteiger partial charge is 0.372 e. The highest BCUT2D eigenvalue weighted by molar-refractivity contribution is 8.01. The smallest absolute Gasteiger partial charge is 0.248 e. The first-order chi connectivity index (χ1) is 10.7. The molecule has 3 heterocycles. The van der Waals surface area contributed by atoms with E-state index >= 15 is 0 Å². The van der Waals surface area contributed by atoms with E-state index in [2.05, 4.69) is 4.98 Å². The van der Waals surface area contributed by atoms with Crippen molar-refractivity contribution in [2.75, 3.05) is 32.1 Å². The number of nitrogens with zero attached hydrogens (tertiary/aromatic N) is 2. The number of carbonyl (C=O) groups is 1. The second-order valence-electron chi connectivity index (χ2n) is 5.84. The van der Waals surface area contributed by atoms with Gasteiger partial charge in [0.05, 0.1) is 23.2 Å². The maximum atomic E-state index is 11.9. The number of ether oxygens (including phenoxy) is 2. The number of pyridine rings is 1. The van der Waals surface area contributed by atoms with Gasteiger partial charge in [0.25, 0.3) is 0 Å². The van der Waals surface area contributed by atoms with Crippen molar-refractivity contribution < 1.29 is 14.3 Å². The number of amides is 1. The van der Waals surface area contributed by atoms with Crippen molar-refractivity contribution in [3.63, 3.8) is 0 Å². The van der Waals surface area contributed by atoms with E-state index < -0.39 is 0 Å². The predicted molar refractivity (Wildman–Crippen MR) is 85.7 cm³/mol. The first-order valence-corrected chi connectivity index (χ1v) is 8.70. The number of likely N-dealkylation sites (tertiary alicyclic amines) is 1. The van der Waals surface area contributed by atoms with Gasteiger partial charge in [-0.15, -0.1) is 11.8 Å². The Balaban J connectivity index is 1.41. The summed E-state index contributed by atoms with van der Waals surface area (Å²) >= 11 is 1.94. The van der Waals surface area contributed by atoms with E-state index in [1.54, 1.807) is 6.20 Å². The summed E-state index contributed by atoms with van der Waals surface area (Å²) in [6.07, 6.45) is 3.07. The van der Waals surface area contributed by atoms with E-state index in [1.807, 2.05) is 41.8 Å². The summed E-state index contributed by atoms with van der Waals surface area (Å²) in [7, 11) is 0. The van der Waals surface area contributed by atoms with Crippen LogP contribution in [0.4, 0.5) is 0 Å². The molecule has 0 aliphatic carbocycles. The molecule has 0 bridgehead atoms. The molecule has 0 radical (unpaired) electrons. The van der Waals surface area contributed by atoms with E-state index in [9.17, 15) is 4.79 Å². The molecular formula is C16H22N2O3S. The molecule has 2 aliphatic heterocycles. The van der Waals surface area contributed by atoms with Gasteiger partial charge in [-0.2, -0.15) is 0 Å². The molecule has 0 aromatic carbocycles. The molecule has 22 heavy (non-hydrogen) atoms. The van der Waals surface area contributed by atoms with Crippen LogP contribution in [-0.4, -0.2) is 58.7 Å². The van der Waals surface area contributed by atoms with E-state index in [-0.39, 0.29) is 23.4 Å². The molecule has 2 aliphatic rings. The molecule has 5 nitrogen and oxygen atoms in total. The summed E-state index contributed by atoms with van der Waals surface area (Å²) in [4.78, 5) is 18.0. The fraction of sp³-hybridized carbons (Fsp3) is 0.625. The first-order valence-electron chi connectivity index (χ1n) is 7.72. The summed E-state index contributed by atoms with van der Waals surface area (Å²) < 4.78 is 11.4. The van der Waals surface area contributed by atoms with Crippen LogP contribution in [0, 0.1) is 0 Å². The fourth-order valence-corrected chi connectivity index (χ4v) is 4.47. The van der Waals surface area contributed by atoms with Gasteiger partial charge >= 0.3 is 0 Å². The van der Waals surface area contributed by atoms with Crippen LogP contribution < -0.4 is 0 Å². The number of hydrogen-bond acceptors (Lipinski definition) is 5. The zero-order valence-corrected chi connectivity index (χ0v) is 13.7. The van der Waals surface area contributed by atoms with Gasteiger partial charge in [0, 0.05) is 31.6 Å². The molecule has 0 unspecified atom stereocenters. The molecule has 2 fully saturated rings. The van der Waals surface area contributed by atoms with Crippen LogP contribution in [0.1, 0.15) is 19.0 Å². The van der Waals surface area contributed by atoms with Crippen molar-refractivity contribution in [3.05, 3.63) is 30.1 Å². The highest BCUT2D eigenvalue weighted by Gasteiger charge is 2.50. The lowest BCUT2D eigenvalue weighted by atomic mass is 9.93. The van der Waals surface area contributed by atoms with Crippen LogP contribution in [0.3, 0.4) is 0 Å². The topological polar surface area (TPSA) is 51.7 Å². The van der Waals surface area contributed by atoms with Gasteiger partial charge in [0.1, 0.15) is 6.61 Å². The number of thioether (sulfide) groups is 1. The lowest BCUT2D eigenvalue weighted by Crippen LogP contribution is -2.61. The van der Waals surface area contributed by atoms with Crippen LogP contribution in [0.5, 0.6) is 0 Å². The lowest BCUT2D eigenvalue weighted by molar-refractivity contribution is -0.141. The van der Waals surface area contributed by atoms with Gasteiger partial charge < -0.3 is 14.4 Å². The number of carbonyl (C=O) groups excluding carboxylic acids is 1. The van der Waals surface area contributed by atoms with E-state index in [0.29, 0.717) is 13.2 Å². The standard InChI is InChI=1S/C16H22N2O3S/c1-2-20-9-15(19)18-11-16(12-18)7-14(10-22-16)21-8-13-5-3-4-6-17-13/h3-6,14H,2,7-12H2,1H3/t14-/m1/s1. The predicted octanol–water partition coefficient (Wildman–Crippen LogP) is 1.72. The Hall–Kier alpha value is -1.11. The highest BCUT2D eigenvalue weighted by atomic mass is 32.2. The van der Waals surface area contributed by atoms with E-state index in [1.165, 1.54) is 0 Å². The molecule has 0 saturated carbocycles. The van der Waals surface area contributed by atoms with Crippen molar-refractivity contribution >= 4 is 17.7 Å². The SMILES string of the molecule is CCOCC(=O)N1CC2(C[C@@H](OCc3ccccn3)CS2)C1. The number of rotatable bonds is 6. The van der Waals surface area contributed by atoms with Gasteiger partial charge in [-0.05, 0) is 25.5 Å². The molecule has 6 heteroatoms. The van der Waals surface area contributed by atoms with Crippen molar-refractivity contribution in [2.45, 2.75) is 30.8 Å². The Labute approximate surface area is 135 Å². The molecule has 1 aromatic heterocycles. The molecule has 3 rings (SSSR count). The monoisotopic (exact) mass is 322 g/mol. The summed E-state index contributed by atoms with van der Waals surface area (Å²) in [6.45, 7) is 4.91. The summed E-state index contributed by atoms with van der Waals surface area (Å²) in [5.74, 6) is 1.10. The van der Waals surface area contributed by atoms with Gasteiger partial charge in [0.15, 0.2) is 0 Å². The number of hydrogen-bond donors (Lipinski definition) is 0. The van der Waals surface area contributed by atoms with Crippen LogP contribution in [0.25, 0.3) is 0 Å². The Morgan fingerprint density at radius 3 is 3.09 bits per heavy atom. The fourth-order valence-electron chi connectivity index (χ4n) is 2.92. The van der Waals surface area contributed by atoms with Gasteiger partial charge in [-0.25, -0.2) is 0 Å². The Bertz CT molecular complexity index is 505. The maximum absolute atomic E-state index is 11.9. The minimum atomic E-state index is 0.103. The molecular weight excluding hydrogens is 300 g/mol. The Morgan fingerprint density at radius 2 is 2.36 bits per heavy atom. The zero-order valence-electron chi connectivity index (χ0n) is 12.9. The molecule has 1 atom stereocenters. The second kappa shape index (κ2) is 6.98. The van der Waals surface area contributed by atoms with Crippen molar-refractivity contribution in [3.8, 4) is 0 Å². The molecule has 1 aromatic rings. The van der Waals surface area contributed by atoms with Gasteiger partial charge in [0.2, 0.25) is 5.91 Å². The summed E-state index contributed by atoms with van der Waals surface area (Å²) in [6, 6.07) is 5.87. The van der Waals surface area contributed by atoms with Crippen LogP contribution in [0.2, 0.25) is 0 Å². The molecule has 0 N–H and O–H groups in total. The third-order valence-electron chi connectivity index (χ3n) is 4.11. The highest BCUT2D eigenvalue weighted by Crippen LogP contribution is 2.46. The van der Waals surface area contributed by atoms with Crippen molar-refractivity contribution in [1.82, 2.24) is 9.88 Å². The van der Waals surface area contributed by atoms with Crippen LogP contribution >= 0.6 is 11.8 Å². The number of aromatic nitrogens is 1. The third kappa shape index (κ3) is 3.62. The lowest BCUT2D eigenvalue weighted by Gasteiger charge is -2.47. The summed E-state index contributed by atoms with van der Waals surface area (Å²) in [5, 5.41) is 0. The van der Waals surface area contributed by atoms with E-state index in [4.69, 9.17) is 9.47 Å². The maximum Gasteiger partial charge on any atom is 0.248 e. The normalized spacial score (nSPS) is 22.8. The van der Waals surface area contributed by atoms with Gasteiger partial charge in [-0.1, -0.05) is 6.07 Å². The van der Waals surface area contributed by atoms with Gasteiger partial charge in [-0.3, -0.25) is 9.78 Å². The van der Waals surface area contributed by atoms with Crippen molar-refractivity contribution in [2.24, 2.45) is 0 Å². The minimum absolute atomic E-state index is 0.103. The molecule has 1 amide bonds. The molecule has 120 valence electrons. The second-order valence-corrected chi connectivity index (χ2v) is 7.33. The first kappa shape index (κ1) is 15.8. The van der Waals surface area contributed by atoms with E-state index in [0.717, 1.165) is 31.0 Å². The quantitative estimate of drug-likeness (QED) is 0.798. The summed E-state index contributed by atoms with van der Waals surface area (Å²) in [5.41, 5.74) is 0.968. The third-order valence-corrected chi connectivity index (χ3v) is 5.68. The van der Waals surface area contributed by atoms with Crippen LogP contribution in [-0.2, 0) is 20.9 Å². The molecule has 2 saturated heterocycles.